The van der Waals surface area contributed by atoms with Crippen molar-refractivity contribution in [2.24, 2.45) is 5.41 Å². The third-order valence-corrected chi connectivity index (χ3v) is 8.13. The largest absolute Gasteiger partial charge is 0.480 e. The number of halogens is 1. The predicted octanol–water partition coefficient (Wildman–Crippen LogP) is 5.87. The molecule has 0 saturated heterocycles. The fourth-order valence-electron chi connectivity index (χ4n) is 4.05. The number of aliphatic carboxylic acids is 1. The summed E-state index contributed by atoms with van der Waals surface area (Å²) in [7, 11) is -4.01. The van der Waals surface area contributed by atoms with E-state index in [1.165, 1.54) is 28.8 Å². The smallest absolute Gasteiger partial charge is 0.416 e. The van der Waals surface area contributed by atoms with Crippen LogP contribution in [0.2, 0.25) is 0 Å². The van der Waals surface area contributed by atoms with Crippen LogP contribution in [0.3, 0.4) is 0 Å². The molecule has 1 atom stereocenters. The summed E-state index contributed by atoms with van der Waals surface area (Å²) in [6.45, 7) is 10.0. The summed E-state index contributed by atoms with van der Waals surface area (Å²) < 4.78 is 35.1. The number of hydrogen-bond donors (Lipinski definition) is 1. The van der Waals surface area contributed by atoms with E-state index in [0.717, 1.165) is 14.9 Å². The maximum Gasteiger partial charge on any atom is 0.416 e. The molecule has 2 heterocycles. The van der Waals surface area contributed by atoms with E-state index in [-0.39, 0.29) is 23.8 Å². The van der Waals surface area contributed by atoms with Crippen molar-refractivity contribution in [1.82, 2.24) is 14.3 Å². The van der Waals surface area contributed by atoms with Gasteiger partial charge >= 0.3 is 12.1 Å². The predicted molar refractivity (Wildman–Crippen MR) is 159 cm³/mol. The van der Waals surface area contributed by atoms with Crippen molar-refractivity contribution in [2.75, 3.05) is 4.90 Å². The maximum atomic E-state index is 13.7. The molecule has 3 rings (SSSR count). The van der Waals surface area contributed by atoms with Crippen LogP contribution < -0.4 is 4.90 Å². The summed E-state index contributed by atoms with van der Waals surface area (Å²) in [5, 5.41) is 10.1. The number of nitrogens with zero attached hydrogens (tertiary/aromatic N) is 4. The maximum absolute atomic E-state index is 13.7. The minimum atomic E-state index is -4.01. The molecule has 220 valence electrons. The monoisotopic (exact) mass is 646 g/mol. The number of carbonyl (C=O) groups excluding carboxylic acids is 1. The lowest BCUT2D eigenvalue weighted by molar-refractivity contribution is -0.141. The van der Waals surface area contributed by atoms with E-state index in [4.69, 9.17) is 4.74 Å². The summed E-state index contributed by atoms with van der Waals surface area (Å²) >= 11 is 3.39. The lowest BCUT2D eigenvalue weighted by Crippen LogP contribution is -2.54. The lowest BCUT2D eigenvalue weighted by Gasteiger charge is -2.37. The number of anilines is 1. The van der Waals surface area contributed by atoms with E-state index in [1.54, 1.807) is 59.7 Å². The Morgan fingerprint density at radius 3 is 2.17 bits per heavy atom. The van der Waals surface area contributed by atoms with Gasteiger partial charge in [0.15, 0.2) is 0 Å². The molecule has 41 heavy (non-hydrogen) atoms. The number of ether oxygens (including phenoxy) is 1. The Labute approximate surface area is 249 Å². The van der Waals surface area contributed by atoms with E-state index in [0.29, 0.717) is 5.69 Å². The average Bonchev–Trinajstić information content (AvgIpc) is 2.86. The van der Waals surface area contributed by atoms with Crippen molar-refractivity contribution in [3.8, 4) is 0 Å². The Morgan fingerprint density at radius 1 is 0.976 bits per heavy atom. The summed E-state index contributed by atoms with van der Waals surface area (Å²) in [4.78, 5) is 35.4. The summed E-state index contributed by atoms with van der Waals surface area (Å²) in [5.74, 6) is -1.20. The quantitative estimate of drug-likeness (QED) is 0.305. The topological polar surface area (TPSA) is 130 Å². The zero-order chi connectivity index (χ0) is 30.6. The second-order valence-corrected chi connectivity index (χ2v) is 14.4. The average molecular weight is 648 g/mol. The second kappa shape index (κ2) is 12.7. The molecule has 0 aliphatic carbocycles. The fourth-order valence-corrected chi connectivity index (χ4v) is 5.68. The van der Waals surface area contributed by atoms with Gasteiger partial charge in [-0.15, -0.1) is 0 Å². The Morgan fingerprint density at radius 2 is 1.63 bits per heavy atom. The molecule has 0 radical (unpaired) electrons. The molecule has 0 spiro atoms. The number of aromatic nitrogens is 2. The van der Waals surface area contributed by atoms with Gasteiger partial charge in [-0.05, 0) is 68.1 Å². The third-order valence-electron chi connectivity index (χ3n) is 5.82. The van der Waals surface area contributed by atoms with Gasteiger partial charge in [0.25, 0.3) is 0 Å². The van der Waals surface area contributed by atoms with E-state index in [1.807, 2.05) is 24.3 Å². The first-order valence-electron chi connectivity index (χ1n) is 12.8. The first-order valence-corrected chi connectivity index (χ1v) is 15.1. The molecule has 0 bridgehead atoms. The molecule has 0 aliphatic rings. The number of carboxylic acid groups (broad SMARTS) is 1. The molecule has 0 saturated carbocycles. The molecular formula is C29H35BrN4O6S. The van der Waals surface area contributed by atoms with E-state index in [9.17, 15) is 23.1 Å². The van der Waals surface area contributed by atoms with Crippen molar-refractivity contribution in [2.45, 2.75) is 71.2 Å². The van der Waals surface area contributed by atoms with Crippen LogP contribution in [0.15, 0.2) is 76.4 Å². The number of benzene rings is 1. The summed E-state index contributed by atoms with van der Waals surface area (Å²) in [5.41, 5.74) is -0.741. The fraction of sp³-hybridized carbons (Fsp3) is 0.379. The molecule has 10 nitrogen and oxygen atoms in total. The van der Waals surface area contributed by atoms with Crippen molar-refractivity contribution in [1.29, 1.82) is 0 Å². The van der Waals surface area contributed by atoms with Crippen LogP contribution in [-0.4, -0.2) is 51.5 Å². The first kappa shape index (κ1) is 32.2. The molecule has 3 aromatic rings. The van der Waals surface area contributed by atoms with Gasteiger partial charge in [-0.3, -0.25) is 4.98 Å². The lowest BCUT2D eigenvalue weighted by atomic mass is 9.85. The van der Waals surface area contributed by atoms with Crippen molar-refractivity contribution in [3.63, 3.8) is 0 Å². The van der Waals surface area contributed by atoms with Crippen LogP contribution in [0, 0.1) is 5.41 Å². The van der Waals surface area contributed by atoms with Gasteiger partial charge < -0.3 is 9.84 Å². The molecule has 1 N–H and O–H groups in total. The highest BCUT2D eigenvalue weighted by Gasteiger charge is 2.42. The van der Waals surface area contributed by atoms with Crippen LogP contribution in [0.4, 0.5) is 10.6 Å². The zero-order valence-corrected chi connectivity index (χ0v) is 26.3. The highest BCUT2D eigenvalue weighted by molar-refractivity contribution is 9.10. The minimum absolute atomic E-state index is 0.0160. The third kappa shape index (κ3) is 8.57. The number of rotatable bonds is 9. The van der Waals surface area contributed by atoms with Gasteiger partial charge in [0, 0.05) is 23.4 Å². The number of hydrogen-bond acceptors (Lipinski definition) is 7. The van der Waals surface area contributed by atoms with E-state index < -0.39 is 39.1 Å². The van der Waals surface area contributed by atoms with Gasteiger partial charge in [0.2, 0.25) is 10.0 Å². The number of pyridine rings is 2. The second-order valence-electron chi connectivity index (χ2n) is 11.5. The van der Waals surface area contributed by atoms with E-state index >= 15 is 0 Å². The van der Waals surface area contributed by atoms with Gasteiger partial charge in [-0.1, -0.05) is 54.9 Å². The van der Waals surface area contributed by atoms with Gasteiger partial charge in [-0.25, -0.2) is 27.9 Å². The Kier molecular flexibility index (Phi) is 9.94. The Bertz CT molecular complexity index is 1470. The number of carbonyl (C=O) groups is 2. The Balaban J connectivity index is 2.08. The number of amides is 1. The molecule has 1 unspecified atom stereocenters. The van der Waals surface area contributed by atoms with Gasteiger partial charge in [0.1, 0.15) is 22.4 Å². The summed E-state index contributed by atoms with van der Waals surface area (Å²) in [6, 6.07) is 13.7. The molecular weight excluding hydrogens is 612 g/mol. The highest BCUT2D eigenvalue weighted by Crippen LogP contribution is 2.31. The minimum Gasteiger partial charge on any atom is -0.480 e. The van der Waals surface area contributed by atoms with Crippen LogP contribution in [-0.2, 0) is 32.6 Å². The first-order chi connectivity index (χ1) is 19.0. The molecule has 2 aromatic heterocycles. The molecule has 1 aromatic carbocycles. The normalized spacial score (nSPS) is 13.1. The number of carboxylic acids is 1. The molecule has 12 heteroatoms. The van der Waals surface area contributed by atoms with Crippen LogP contribution in [0.5, 0.6) is 0 Å². The standard InChI is InChI=1S/C29H35BrN4O6S/c1-28(2,3)25(26(35)36)34(27(37)40-29(4,5)6)24-11-7-9-22(32-24)19-33(18-20-12-14-21(30)15-13-20)41(38,39)23-10-8-16-31-17-23/h7-17,25H,18-19H2,1-6H3,(H,35,36). The van der Waals surface area contributed by atoms with E-state index in [2.05, 4.69) is 25.9 Å². The van der Waals surface area contributed by atoms with Crippen molar-refractivity contribution in [3.05, 3.63) is 82.7 Å². The molecule has 0 fully saturated rings. The highest BCUT2D eigenvalue weighted by atomic mass is 79.9. The van der Waals surface area contributed by atoms with Crippen LogP contribution in [0.25, 0.3) is 0 Å². The number of sulfonamides is 1. The van der Waals surface area contributed by atoms with Crippen molar-refractivity contribution >= 4 is 43.8 Å². The summed E-state index contributed by atoms with van der Waals surface area (Å²) in [6.07, 6.45) is 1.89. The van der Waals surface area contributed by atoms with Crippen LogP contribution >= 0.6 is 15.9 Å². The zero-order valence-electron chi connectivity index (χ0n) is 23.9. The SMILES string of the molecule is CC(C)(C)OC(=O)N(c1cccc(CN(Cc2ccc(Br)cc2)S(=O)(=O)c2cccnc2)n1)C(C(=O)O)C(C)(C)C. The van der Waals surface area contributed by atoms with Gasteiger partial charge in [-0.2, -0.15) is 4.31 Å². The Hall–Kier alpha value is -3.35. The van der Waals surface area contributed by atoms with Crippen LogP contribution in [0.1, 0.15) is 52.8 Å². The van der Waals surface area contributed by atoms with Gasteiger partial charge in [0.05, 0.1) is 12.2 Å². The van der Waals surface area contributed by atoms with Crippen molar-refractivity contribution < 1.29 is 27.9 Å². The molecule has 1 amide bonds. The molecule has 0 aliphatic heterocycles.